The number of rotatable bonds is 3. The predicted molar refractivity (Wildman–Crippen MR) is 113 cm³/mol. The van der Waals surface area contributed by atoms with Gasteiger partial charge in [0.2, 0.25) is 0 Å². The number of hydrogen-bond acceptors (Lipinski definition) is 3. The zero-order valence-electron chi connectivity index (χ0n) is 17.4. The van der Waals surface area contributed by atoms with E-state index in [1.165, 1.54) is 6.20 Å². The molecule has 162 valence electrons. The Hall–Kier alpha value is -3.29. The molecule has 0 spiro atoms. The van der Waals surface area contributed by atoms with Gasteiger partial charge in [-0.25, -0.2) is 4.68 Å². The highest BCUT2D eigenvalue weighted by Gasteiger charge is 2.47. The summed E-state index contributed by atoms with van der Waals surface area (Å²) in [5.41, 5.74) is 4.36. The lowest BCUT2D eigenvalue weighted by molar-refractivity contribution is -0.173. The summed E-state index contributed by atoms with van der Waals surface area (Å²) in [5.74, 6) is -0.440. The second kappa shape index (κ2) is 7.76. The minimum Gasteiger partial charge on any atom is -0.363 e. The second-order valence-electron chi connectivity index (χ2n) is 8.08. The van der Waals surface area contributed by atoms with Crippen molar-refractivity contribution in [1.82, 2.24) is 9.78 Å². The Balaban J connectivity index is 1.69. The van der Waals surface area contributed by atoms with Crippen molar-refractivity contribution in [3.8, 4) is 0 Å². The highest BCUT2D eigenvalue weighted by molar-refractivity contribution is 6.07. The maximum Gasteiger partial charge on any atom is 0.410 e. The molecule has 1 aromatic heterocycles. The zero-order chi connectivity index (χ0) is 22.3. The highest BCUT2D eigenvalue weighted by Crippen LogP contribution is 2.44. The maximum absolute atomic E-state index is 13.8. The zero-order valence-corrected chi connectivity index (χ0v) is 17.4. The number of fused-ring (bicyclic) bond motifs is 1. The van der Waals surface area contributed by atoms with Gasteiger partial charge in [-0.1, -0.05) is 35.9 Å². The summed E-state index contributed by atoms with van der Waals surface area (Å²) in [5, 5.41) is 9.81. The highest BCUT2D eigenvalue weighted by atomic mass is 19.4. The molecule has 0 radical (unpaired) electrons. The van der Waals surface area contributed by atoms with Crippen molar-refractivity contribution >= 4 is 17.4 Å². The maximum atomic E-state index is 13.8. The minimum absolute atomic E-state index is 0.0704. The van der Waals surface area contributed by atoms with Gasteiger partial charge in [0.1, 0.15) is 11.4 Å². The number of aromatic nitrogens is 2. The number of nitrogens with one attached hydrogen (secondary N) is 2. The van der Waals surface area contributed by atoms with Gasteiger partial charge in [0, 0.05) is 12.1 Å². The quantitative estimate of drug-likeness (QED) is 0.561. The summed E-state index contributed by atoms with van der Waals surface area (Å²) in [6.07, 6.45) is -3.51. The van der Waals surface area contributed by atoms with Crippen LogP contribution in [0.2, 0.25) is 0 Å². The number of halogens is 3. The second-order valence-corrected chi connectivity index (χ2v) is 8.08. The number of aryl methyl sites for hydroxylation is 3. The molecule has 2 N–H and O–H groups in total. The van der Waals surface area contributed by atoms with E-state index in [0.717, 1.165) is 26.9 Å². The Kier molecular flexibility index (Phi) is 5.24. The molecule has 1 amide bonds. The van der Waals surface area contributed by atoms with Crippen LogP contribution in [0.25, 0.3) is 0 Å². The first kappa shape index (κ1) is 21.0. The Morgan fingerprint density at radius 3 is 2.32 bits per heavy atom. The molecule has 3 aromatic rings. The summed E-state index contributed by atoms with van der Waals surface area (Å²) in [7, 11) is 0. The molecule has 0 fully saturated rings. The molecule has 8 heteroatoms. The predicted octanol–water partition coefficient (Wildman–Crippen LogP) is 5.72. The van der Waals surface area contributed by atoms with Gasteiger partial charge in [0.15, 0.2) is 6.04 Å². The van der Waals surface area contributed by atoms with E-state index in [9.17, 15) is 18.0 Å². The minimum atomic E-state index is -4.49. The lowest BCUT2D eigenvalue weighted by atomic mass is 9.96. The molecular formula is C23H23F3N4O. The summed E-state index contributed by atoms with van der Waals surface area (Å²) in [6.45, 7) is 5.74. The van der Waals surface area contributed by atoms with Crippen LogP contribution in [0.5, 0.6) is 0 Å². The molecule has 2 aromatic carbocycles. The monoisotopic (exact) mass is 428 g/mol. The van der Waals surface area contributed by atoms with Crippen LogP contribution in [0, 0.1) is 20.8 Å². The Labute approximate surface area is 178 Å². The fourth-order valence-electron chi connectivity index (χ4n) is 3.99. The van der Waals surface area contributed by atoms with E-state index in [-0.39, 0.29) is 17.8 Å². The number of hydrogen-bond donors (Lipinski definition) is 2. The third kappa shape index (κ3) is 4.28. The van der Waals surface area contributed by atoms with Crippen molar-refractivity contribution in [1.29, 1.82) is 0 Å². The molecular weight excluding hydrogens is 405 g/mol. The van der Waals surface area contributed by atoms with Crippen molar-refractivity contribution in [3.05, 3.63) is 76.5 Å². The standard InChI is InChI=1S/C23H23F3N4O/c1-13-4-6-16(7-5-13)19-11-20(23(24,25)26)30-21(29-19)18(12-27-30)22(31)28-17-9-14(2)8-15(3)10-17/h4-10,12,19-20,29H,11H2,1-3H3,(H,28,31)/t19-,20-/m0/s1. The molecule has 31 heavy (non-hydrogen) atoms. The van der Waals surface area contributed by atoms with Gasteiger partial charge in [0.25, 0.3) is 5.91 Å². The van der Waals surface area contributed by atoms with Gasteiger partial charge < -0.3 is 10.6 Å². The molecule has 0 saturated heterocycles. The smallest absolute Gasteiger partial charge is 0.363 e. The number of benzene rings is 2. The summed E-state index contributed by atoms with van der Waals surface area (Å²) >= 11 is 0. The van der Waals surface area contributed by atoms with Crippen LogP contribution in [-0.4, -0.2) is 21.9 Å². The van der Waals surface area contributed by atoms with E-state index < -0.39 is 24.2 Å². The number of nitrogens with zero attached hydrogens (tertiary/aromatic N) is 2. The summed E-state index contributed by atoms with van der Waals surface area (Å²) in [4.78, 5) is 12.9. The first-order valence-electron chi connectivity index (χ1n) is 9.99. The van der Waals surface area contributed by atoms with Gasteiger partial charge in [-0.05, 0) is 49.6 Å². The van der Waals surface area contributed by atoms with E-state index in [0.29, 0.717) is 5.69 Å². The van der Waals surface area contributed by atoms with Gasteiger partial charge >= 0.3 is 6.18 Å². The first-order valence-corrected chi connectivity index (χ1v) is 9.99. The summed E-state index contributed by atoms with van der Waals surface area (Å²) in [6, 6.07) is 10.5. The van der Waals surface area contributed by atoms with Crippen LogP contribution in [-0.2, 0) is 0 Å². The van der Waals surface area contributed by atoms with Crippen LogP contribution >= 0.6 is 0 Å². The van der Waals surface area contributed by atoms with Crippen LogP contribution in [0.4, 0.5) is 24.7 Å². The Bertz CT molecular complexity index is 1100. The lowest BCUT2D eigenvalue weighted by Gasteiger charge is -2.34. The SMILES string of the molecule is Cc1ccc([C@@H]2C[C@@H](C(F)(F)F)n3ncc(C(=O)Nc4cc(C)cc(C)c4)c3N2)cc1. The molecule has 2 atom stereocenters. The fraction of sp³-hybridized carbons (Fsp3) is 0.304. The molecule has 0 saturated carbocycles. The number of alkyl halides is 3. The van der Waals surface area contributed by atoms with Crippen LogP contribution in [0.3, 0.4) is 0 Å². The number of carbonyl (C=O) groups excluding carboxylic acids is 1. The van der Waals surface area contributed by atoms with Crippen molar-refractivity contribution in [2.75, 3.05) is 10.6 Å². The molecule has 0 bridgehead atoms. The lowest BCUT2D eigenvalue weighted by Crippen LogP contribution is -2.36. The third-order valence-electron chi connectivity index (χ3n) is 5.44. The van der Waals surface area contributed by atoms with Crippen molar-refractivity contribution in [2.45, 2.75) is 45.5 Å². The molecule has 2 heterocycles. The largest absolute Gasteiger partial charge is 0.410 e. The van der Waals surface area contributed by atoms with E-state index in [1.54, 1.807) is 0 Å². The van der Waals surface area contributed by atoms with Crippen LogP contribution in [0.1, 0.15) is 51.1 Å². The van der Waals surface area contributed by atoms with Crippen LogP contribution in [0.15, 0.2) is 48.7 Å². The molecule has 0 aliphatic carbocycles. The van der Waals surface area contributed by atoms with Crippen LogP contribution < -0.4 is 10.6 Å². The third-order valence-corrected chi connectivity index (χ3v) is 5.44. The van der Waals surface area contributed by atoms with E-state index in [1.807, 2.05) is 63.2 Å². The molecule has 5 nitrogen and oxygen atoms in total. The van der Waals surface area contributed by atoms with E-state index in [2.05, 4.69) is 15.7 Å². The Morgan fingerprint density at radius 1 is 1.06 bits per heavy atom. The average molecular weight is 428 g/mol. The molecule has 1 aliphatic heterocycles. The van der Waals surface area contributed by atoms with Gasteiger partial charge in [-0.15, -0.1) is 0 Å². The normalized spacial score (nSPS) is 18.3. The topological polar surface area (TPSA) is 59.0 Å². The first-order chi connectivity index (χ1) is 14.6. The van der Waals surface area contributed by atoms with E-state index >= 15 is 0 Å². The van der Waals surface area contributed by atoms with Gasteiger partial charge in [-0.3, -0.25) is 4.79 Å². The van der Waals surface area contributed by atoms with Gasteiger partial charge in [0.05, 0.1) is 12.2 Å². The number of carbonyl (C=O) groups is 1. The Morgan fingerprint density at radius 2 is 1.71 bits per heavy atom. The molecule has 1 aliphatic rings. The van der Waals surface area contributed by atoms with Crippen molar-refractivity contribution < 1.29 is 18.0 Å². The van der Waals surface area contributed by atoms with Crippen molar-refractivity contribution in [3.63, 3.8) is 0 Å². The fourth-order valence-corrected chi connectivity index (χ4v) is 3.99. The number of amides is 1. The molecule has 0 unspecified atom stereocenters. The average Bonchev–Trinajstić information content (AvgIpc) is 3.10. The van der Waals surface area contributed by atoms with Crippen molar-refractivity contribution in [2.24, 2.45) is 0 Å². The molecule has 4 rings (SSSR count). The van der Waals surface area contributed by atoms with E-state index in [4.69, 9.17) is 0 Å². The van der Waals surface area contributed by atoms with Gasteiger partial charge in [-0.2, -0.15) is 18.3 Å². The summed E-state index contributed by atoms with van der Waals surface area (Å²) < 4.78 is 42.4. The number of anilines is 2.